The lowest BCUT2D eigenvalue weighted by Gasteiger charge is -2.13. The molecule has 0 saturated heterocycles. The highest BCUT2D eigenvalue weighted by molar-refractivity contribution is 7.98. The maximum atomic E-state index is 12.9. The van der Waals surface area contributed by atoms with Gasteiger partial charge in [0, 0.05) is 11.8 Å². The number of hydrogen-bond acceptors (Lipinski definition) is 5. The zero-order valence-corrected chi connectivity index (χ0v) is 12.9. The summed E-state index contributed by atoms with van der Waals surface area (Å²) in [5.41, 5.74) is 0.603. The van der Waals surface area contributed by atoms with Gasteiger partial charge < -0.3 is 4.74 Å². The summed E-state index contributed by atoms with van der Waals surface area (Å²) in [5, 5.41) is 0.536. The molecule has 0 aliphatic rings. The molecule has 1 atom stereocenters. The van der Waals surface area contributed by atoms with Crippen molar-refractivity contribution in [1.29, 1.82) is 0 Å². The van der Waals surface area contributed by atoms with E-state index in [-0.39, 0.29) is 11.3 Å². The first-order valence-corrected chi connectivity index (χ1v) is 7.75. The first-order chi connectivity index (χ1) is 10.5. The number of benzene rings is 1. The number of Topliss-reactive ketones (excluding diaryl/α,β-unsaturated/α-hetero) is 1. The van der Waals surface area contributed by atoms with Gasteiger partial charge in [-0.1, -0.05) is 0 Å². The van der Waals surface area contributed by atoms with Gasteiger partial charge in [-0.05, 0) is 49.6 Å². The summed E-state index contributed by atoms with van der Waals surface area (Å²) in [4.78, 5) is 28.4. The minimum absolute atomic E-state index is 0.290. The van der Waals surface area contributed by atoms with Gasteiger partial charge in [-0.25, -0.2) is 14.2 Å². The number of carbonyl (C=O) groups is 2. The molecule has 0 saturated carbocycles. The van der Waals surface area contributed by atoms with Gasteiger partial charge in [0.2, 0.25) is 5.78 Å². The Balaban J connectivity index is 2.11. The van der Waals surface area contributed by atoms with Crippen molar-refractivity contribution < 1.29 is 18.7 Å². The predicted molar refractivity (Wildman–Crippen MR) is 81.6 cm³/mol. The summed E-state index contributed by atoms with van der Waals surface area (Å²) in [6.45, 7) is 1.48. The van der Waals surface area contributed by atoms with Crippen LogP contribution >= 0.6 is 11.8 Å². The van der Waals surface area contributed by atoms with Crippen LogP contribution < -0.4 is 0 Å². The number of carbonyl (C=O) groups excluding carboxylic acids is 2. The molecule has 2 rings (SSSR count). The standard InChI is InChI=1S/C16H14FNO3S/c1-10(14(19)11-5-7-12(17)8-6-11)21-16(20)13-4-3-9-18-15(13)22-2/h3-10H,1-2H3. The quantitative estimate of drug-likeness (QED) is 0.480. The molecule has 4 nitrogen and oxygen atoms in total. The first kappa shape index (κ1) is 16.2. The van der Waals surface area contributed by atoms with E-state index in [0.29, 0.717) is 10.6 Å². The summed E-state index contributed by atoms with van der Waals surface area (Å²) in [6, 6.07) is 8.32. The van der Waals surface area contributed by atoms with E-state index in [1.807, 2.05) is 0 Å². The summed E-state index contributed by atoms with van der Waals surface area (Å²) in [6.07, 6.45) is 2.41. The Morgan fingerprint density at radius 3 is 2.55 bits per heavy atom. The number of ketones is 1. The summed E-state index contributed by atoms with van der Waals surface area (Å²) in [7, 11) is 0. The van der Waals surface area contributed by atoms with Crippen LogP contribution in [0.25, 0.3) is 0 Å². The number of nitrogens with zero attached hydrogens (tertiary/aromatic N) is 1. The highest BCUT2D eigenvalue weighted by atomic mass is 32.2. The number of ether oxygens (including phenoxy) is 1. The maximum Gasteiger partial charge on any atom is 0.341 e. The normalized spacial score (nSPS) is 11.8. The zero-order valence-electron chi connectivity index (χ0n) is 12.1. The Labute approximate surface area is 131 Å². The molecule has 0 radical (unpaired) electrons. The molecule has 0 aliphatic heterocycles. The zero-order chi connectivity index (χ0) is 16.1. The summed E-state index contributed by atoms with van der Waals surface area (Å²) >= 11 is 1.32. The molecule has 2 aromatic rings. The van der Waals surface area contributed by atoms with Crippen LogP contribution in [0, 0.1) is 5.82 Å². The lowest BCUT2D eigenvalue weighted by Crippen LogP contribution is -2.24. The fourth-order valence-electron chi connectivity index (χ4n) is 1.84. The van der Waals surface area contributed by atoms with Crippen molar-refractivity contribution in [2.24, 2.45) is 0 Å². The Hall–Kier alpha value is -2.21. The number of pyridine rings is 1. The number of rotatable bonds is 5. The molecule has 1 heterocycles. The minimum atomic E-state index is -0.965. The van der Waals surface area contributed by atoms with Crippen LogP contribution in [0.1, 0.15) is 27.6 Å². The third-order valence-corrected chi connectivity index (χ3v) is 3.68. The van der Waals surface area contributed by atoms with Crippen LogP contribution in [0.4, 0.5) is 4.39 Å². The minimum Gasteiger partial charge on any atom is -0.451 e. The Morgan fingerprint density at radius 2 is 1.91 bits per heavy atom. The van der Waals surface area contributed by atoms with Gasteiger partial charge in [0.15, 0.2) is 6.10 Å². The molecule has 0 N–H and O–H groups in total. The molecule has 0 fully saturated rings. The maximum absolute atomic E-state index is 12.9. The monoisotopic (exact) mass is 319 g/mol. The second kappa shape index (κ2) is 7.17. The Bertz CT molecular complexity index is 688. The average Bonchev–Trinajstić information content (AvgIpc) is 2.54. The van der Waals surface area contributed by atoms with E-state index in [0.717, 1.165) is 0 Å². The fraction of sp³-hybridized carbons (Fsp3) is 0.188. The highest BCUT2D eigenvalue weighted by Gasteiger charge is 2.22. The molecule has 1 unspecified atom stereocenters. The molecule has 0 bridgehead atoms. The molecule has 0 aliphatic carbocycles. The van der Waals surface area contributed by atoms with E-state index >= 15 is 0 Å². The molecule has 0 spiro atoms. The van der Waals surface area contributed by atoms with Gasteiger partial charge in [-0.3, -0.25) is 4.79 Å². The van der Waals surface area contributed by atoms with Crippen molar-refractivity contribution in [2.75, 3.05) is 6.26 Å². The lowest BCUT2D eigenvalue weighted by molar-refractivity contribution is 0.0314. The lowest BCUT2D eigenvalue weighted by atomic mass is 10.1. The van der Waals surface area contributed by atoms with E-state index in [1.165, 1.54) is 43.0 Å². The van der Waals surface area contributed by atoms with Gasteiger partial charge in [0.25, 0.3) is 0 Å². The second-order valence-electron chi connectivity index (χ2n) is 4.48. The highest BCUT2D eigenvalue weighted by Crippen LogP contribution is 2.19. The van der Waals surface area contributed by atoms with Crippen molar-refractivity contribution in [1.82, 2.24) is 4.98 Å². The van der Waals surface area contributed by atoms with Crippen molar-refractivity contribution in [3.8, 4) is 0 Å². The van der Waals surface area contributed by atoms with Gasteiger partial charge in [0.1, 0.15) is 10.8 Å². The van der Waals surface area contributed by atoms with Gasteiger partial charge in [-0.2, -0.15) is 0 Å². The van der Waals surface area contributed by atoms with Gasteiger partial charge >= 0.3 is 5.97 Å². The van der Waals surface area contributed by atoms with Crippen LogP contribution in [0.2, 0.25) is 0 Å². The van der Waals surface area contributed by atoms with Gasteiger partial charge in [-0.15, -0.1) is 11.8 Å². The first-order valence-electron chi connectivity index (χ1n) is 6.52. The topological polar surface area (TPSA) is 56.3 Å². The SMILES string of the molecule is CSc1ncccc1C(=O)OC(C)C(=O)c1ccc(F)cc1. The van der Waals surface area contributed by atoms with E-state index in [4.69, 9.17) is 4.74 Å². The second-order valence-corrected chi connectivity index (χ2v) is 5.27. The molecular weight excluding hydrogens is 305 g/mol. The van der Waals surface area contributed by atoms with Crippen molar-refractivity contribution >= 4 is 23.5 Å². The van der Waals surface area contributed by atoms with Crippen LogP contribution in [-0.2, 0) is 4.74 Å². The van der Waals surface area contributed by atoms with Crippen LogP contribution in [0.15, 0.2) is 47.6 Å². The van der Waals surface area contributed by atoms with Crippen LogP contribution in [-0.4, -0.2) is 29.1 Å². The van der Waals surface area contributed by atoms with Crippen LogP contribution in [0.3, 0.4) is 0 Å². The summed E-state index contributed by atoms with van der Waals surface area (Å²) < 4.78 is 18.0. The van der Waals surface area contributed by atoms with E-state index in [9.17, 15) is 14.0 Å². The number of thioether (sulfide) groups is 1. The molecule has 6 heteroatoms. The fourth-order valence-corrected chi connectivity index (χ4v) is 2.37. The van der Waals surface area contributed by atoms with Crippen molar-refractivity contribution in [3.63, 3.8) is 0 Å². The largest absolute Gasteiger partial charge is 0.451 e. The summed E-state index contributed by atoms with van der Waals surface area (Å²) in [5.74, 6) is -1.43. The third-order valence-electron chi connectivity index (χ3n) is 2.97. The van der Waals surface area contributed by atoms with E-state index in [2.05, 4.69) is 4.98 Å². The molecule has 22 heavy (non-hydrogen) atoms. The third kappa shape index (κ3) is 3.71. The number of halogens is 1. The molecule has 1 aromatic heterocycles. The van der Waals surface area contributed by atoms with Crippen molar-refractivity contribution in [2.45, 2.75) is 18.1 Å². The Kier molecular flexibility index (Phi) is 5.27. The van der Waals surface area contributed by atoms with Gasteiger partial charge in [0.05, 0.1) is 5.56 Å². The number of aromatic nitrogens is 1. The molecule has 1 aromatic carbocycles. The van der Waals surface area contributed by atoms with Crippen LogP contribution in [0.5, 0.6) is 0 Å². The van der Waals surface area contributed by atoms with Crippen molar-refractivity contribution in [3.05, 3.63) is 59.5 Å². The smallest absolute Gasteiger partial charge is 0.341 e. The van der Waals surface area contributed by atoms with E-state index in [1.54, 1.807) is 24.6 Å². The molecular formula is C16H14FNO3S. The predicted octanol–water partition coefficient (Wildman–Crippen LogP) is 3.37. The van der Waals surface area contributed by atoms with E-state index < -0.39 is 17.9 Å². The molecule has 0 amide bonds. The average molecular weight is 319 g/mol. The number of hydrogen-bond donors (Lipinski definition) is 0. The Morgan fingerprint density at radius 1 is 1.23 bits per heavy atom. The molecule has 114 valence electrons. The number of esters is 1.